The lowest BCUT2D eigenvalue weighted by Crippen LogP contribution is -2.13. The largest absolute Gasteiger partial charge is 0.486 e. The Morgan fingerprint density at radius 2 is 1.62 bits per heavy atom. The van der Waals surface area contributed by atoms with Gasteiger partial charge in [0.15, 0.2) is 11.6 Å². The van der Waals surface area contributed by atoms with Gasteiger partial charge in [0.2, 0.25) is 5.82 Å². The first-order chi connectivity index (χ1) is 15.5. The van der Waals surface area contributed by atoms with E-state index in [4.69, 9.17) is 4.74 Å². The molecule has 0 bridgehead atoms. The molecule has 4 rings (SSSR count). The Balaban J connectivity index is 1.40. The van der Waals surface area contributed by atoms with Crippen molar-refractivity contribution in [1.29, 1.82) is 0 Å². The van der Waals surface area contributed by atoms with E-state index < -0.39 is 11.6 Å². The minimum Gasteiger partial charge on any atom is -0.486 e. The fourth-order valence-electron chi connectivity index (χ4n) is 4.76. The van der Waals surface area contributed by atoms with Gasteiger partial charge in [-0.3, -0.25) is 0 Å². The van der Waals surface area contributed by atoms with Crippen molar-refractivity contribution >= 4 is 5.57 Å². The van der Waals surface area contributed by atoms with E-state index in [9.17, 15) is 13.2 Å². The second-order valence-electron chi connectivity index (χ2n) is 9.26. The van der Waals surface area contributed by atoms with Crippen molar-refractivity contribution in [2.45, 2.75) is 64.9 Å². The van der Waals surface area contributed by atoms with E-state index in [0.717, 1.165) is 49.7 Å². The Morgan fingerprint density at radius 1 is 0.906 bits per heavy atom. The maximum absolute atomic E-state index is 14.7. The topological polar surface area (TPSA) is 9.23 Å². The third-order valence-electron chi connectivity index (χ3n) is 6.98. The molecule has 0 heterocycles. The Kier molecular flexibility index (Phi) is 7.07. The minimum absolute atomic E-state index is 0.0749. The zero-order valence-electron chi connectivity index (χ0n) is 18.8. The highest BCUT2D eigenvalue weighted by molar-refractivity contribution is 5.78. The van der Waals surface area contributed by atoms with Crippen LogP contribution in [0, 0.1) is 23.5 Å². The van der Waals surface area contributed by atoms with Crippen LogP contribution >= 0.6 is 0 Å². The molecule has 2 aliphatic carbocycles. The van der Waals surface area contributed by atoms with Crippen LogP contribution in [-0.4, -0.2) is 0 Å². The standard InChI is InChI=1S/C28H31F3O/c1-3-19-8-13-23(25(29)16-19)21-11-6-20(7-12-21)17-32-26-15-14-24(27(30)28(26)31)22-9-4-18(2)5-10-22/h6-7,11-16,18-19,22H,3-5,8-10,17H2,1-2H3. The van der Waals surface area contributed by atoms with E-state index in [1.54, 1.807) is 12.1 Å². The van der Waals surface area contributed by atoms with Crippen LogP contribution in [0.5, 0.6) is 5.75 Å². The highest BCUT2D eigenvalue weighted by Gasteiger charge is 2.25. The lowest BCUT2D eigenvalue weighted by Gasteiger charge is -2.27. The summed E-state index contributed by atoms with van der Waals surface area (Å²) in [5, 5.41) is 0. The number of ether oxygens (including phenoxy) is 1. The molecule has 1 unspecified atom stereocenters. The molecule has 2 aliphatic rings. The molecule has 170 valence electrons. The molecule has 0 radical (unpaired) electrons. The average Bonchev–Trinajstić information content (AvgIpc) is 2.81. The van der Waals surface area contributed by atoms with Crippen molar-refractivity contribution < 1.29 is 17.9 Å². The quantitative estimate of drug-likeness (QED) is 0.437. The van der Waals surface area contributed by atoms with Crippen LogP contribution in [0.1, 0.15) is 75.0 Å². The van der Waals surface area contributed by atoms with Crippen LogP contribution in [0.3, 0.4) is 0 Å². The van der Waals surface area contributed by atoms with Crippen LogP contribution in [0.4, 0.5) is 13.2 Å². The molecule has 0 spiro atoms. The SMILES string of the molecule is CCC1C=C(F)C(c2ccc(COc3ccc(C4CCC(C)CC4)c(F)c3F)cc2)=CC1. The van der Waals surface area contributed by atoms with Crippen molar-refractivity contribution in [3.8, 4) is 5.75 Å². The molecule has 1 nitrogen and oxygen atoms in total. The van der Waals surface area contributed by atoms with Gasteiger partial charge in [-0.15, -0.1) is 0 Å². The monoisotopic (exact) mass is 440 g/mol. The Bertz CT molecular complexity index is 998. The smallest absolute Gasteiger partial charge is 0.200 e. The predicted molar refractivity (Wildman–Crippen MR) is 123 cm³/mol. The Morgan fingerprint density at radius 3 is 2.28 bits per heavy atom. The second-order valence-corrected chi connectivity index (χ2v) is 9.26. The van der Waals surface area contributed by atoms with Crippen molar-refractivity contribution in [2.75, 3.05) is 0 Å². The summed E-state index contributed by atoms with van der Waals surface area (Å²) < 4.78 is 49.4. The fraction of sp³-hybridized carbons (Fsp3) is 0.429. The van der Waals surface area contributed by atoms with Crippen LogP contribution in [-0.2, 0) is 6.61 Å². The molecule has 0 N–H and O–H groups in total. The third kappa shape index (κ3) is 4.95. The summed E-state index contributed by atoms with van der Waals surface area (Å²) >= 11 is 0. The molecule has 1 saturated carbocycles. The molecule has 0 aromatic heterocycles. The second kappa shape index (κ2) is 9.97. The van der Waals surface area contributed by atoms with Gasteiger partial charge in [0, 0.05) is 5.57 Å². The Labute approximate surface area is 189 Å². The van der Waals surface area contributed by atoms with E-state index in [0.29, 0.717) is 17.1 Å². The lowest BCUT2D eigenvalue weighted by molar-refractivity contribution is 0.282. The highest BCUT2D eigenvalue weighted by atomic mass is 19.2. The van der Waals surface area contributed by atoms with Crippen molar-refractivity contribution in [2.24, 2.45) is 11.8 Å². The number of allylic oxidation sites excluding steroid dienone is 4. The number of rotatable bonds is 6. The summed E-state index contributed by atoms with van der Waals surface area (Å²) in [6.45, 7) is 4.38. The summed E-state index contributed by atoms with van der Waals surface area (Å²) in [5.74, 6) is -0.958. The summed E-state index contributed by atoms with van der Waals surface area (Å²) in [4.78, 5) is 0. The Hall–Kier alpha value is -2.49. The van der Waals surface area contributed by atoms with E-state index in [1.807, 2.05) is 30.3 Å². The predicted octanol–water partition coefficient (Wildman–Crippen LogP) is 8.50. The zero-order chi connectivity index (χ0) is 22.7. The molecule has 0 aliphatic heterocycles. The molecule has 0 saturated heterocycles. The van der Waals surface area contributed by atoms with Gasteiger partial charge in [-0.2, -0.15) is 4.39 Å². The molecular weight excluding hydrogens is 409 g/mol. The lowest BCUT2D eigenvalue weighted by atomic mass is 9.79. The summed E-state index contributed by atoms with van der Waals surface area (Å²) in [6, 6.07) is 10.6. The van der Waals surface area contributed by atoms with Crippen molar-refractivity contribution in [3.05, 3.63) is 82.7 Å². The summed E-state index contributed by atoms with van der Waals surface area (Å²) in [6.07, 6.45) is 9.30. The van der Waals surface area contributed by atoms with Gasteiger partial charge in [-0.25, -0.2) is 8.78 Å². The zero-order valence-corrected chi connectivity index (χ0v) is 18.8. The molecule has 1 fully saturated rings. The maximum atomic E-state index is 14.7. The summed E-state index contributed by atoms with van der Waals surface area (Å²) in [7, 11) is 0. The molecule has 32 heavy (non-hydrogen) atoms. The number of halogens is 3. The van der Waals surface area contributed by atoms with Crippen LogP contribution in [0.2, 0.25) is 0 Å². The average molecular weight is 441 g/mol. The van der Waals surface area contributed by atoms with Crippen LogP contribution in [0.25, 0.3) is 5.57 Å². The first-order valence-corrected chi connectivity index (χ1v) is 11.7. The number of hydrogen-bond acceptors (Lipinski definition) is 1. The van der Waals surface area contributed by atoms with Crippen molar-refractivity contribution in [1.82, 2.24) is 0 Å². The molecule has 2 aromatic rings. The van der Waals surface area contributed by atoms with Gasteiger partial charge in [-0.1, -0.05) is 63.1 Å². The summed E-state index contributed by atoms with van der Waals surface area (Å²) in [5.41, 5.74) is 2.70. The van der Waals surface area contributed by atoms with E-state index in [2.05, 4.69) is 13.8 Å². The van der Waals surface area contributed by atoms with E-state index in [1.165, 1.54) is 6.07 Å². The molecule has 4 heteroatoms. The van der Waals surface area contributed by atoms with E-state index >= 15 is 0 Å². The van der Waals surface area contributed by atoms with Gasteiger partial charge >= 0.3 is 0 Å². The number of hydrogen-bond donors (Lipinski definition) is 0. The van der Waals surface area contributed by atoms with Gasteiger partial charge in [-0.05, 0) is 72.3 Å². The minimum atomic E-state index is -0.914. The van der Waals surface area contributed by atoms with Gasteiger partial charge in [0.1, 0.15) is 12.4 Å². The third-order valence-corrected chi connectivity index (χ3v) is 6.98. The number of benzene rings is 2. The molecule has 2 aromatic carbocycles. The molecular formula is C28H31F3O. The van der Waals surface area contributed by atoms with Crippen LogP contribution in [0.15, 0.2) is 54.4 Å². The van der Waals surface area contributed by atoms with Crippen molar-refractivity contribution in [3.63, 3.8) is 0 Å². The van der Waals surface area contributed by atoms with Gasteiger partial charge in [0.05, 0.1) is 0 Å². The first-order valence-electron chi connectivity index (χ1n) is 11.7. The molecule has 0 amide bonds. The highest BCUT2D eigenvalue weighted by Crippen LogP contribution is 2.38. The first kappa shape index (κ1) is 22.7. The maximum Gasteiger partial charge on any atom is 0.200 e. The molecule has 1 atom stereocenters. The normalized spacial score (nSPS) is 23.5. The van der Waals surface area contributed by atoms with E-state index in [-0.39, 0.29) is 30.0 Å². The van der Waals surface area contributed by atoms with Gasteiger partial charge in [0.25, 0.3) is 0 Å². The van der Waals surface area contributed by atoms with Crippen LogP contribution < -0.4 is 4.74 Å². The van der Waals surface area contributed by atoms with Gasteiger partial charge < -0.3 is 4.74 Å². The fourth-order valence-corrected chi connectivity index (χ4v) is 4.76.